The number of carbonyl (C=O) groups is 2. The highest BCUT2D eigenvalue weighted by atomic mass is 16.5. The number of fused-ring (bicyclic) bond motifs is 1. The van der Waals surface area contributed by atoms with Crippen molar-refractivity contribution in [3.8, 4) is 5.75 Å². The maximum atomic E-state index is 13.7. The zero-order valence-electron chi connectivity index (χ0n) is 16.7. The van der Waals surface area contributed by atoms with Gasteiger partial charge in [0.2, 0.25) is 0 Å². The molecule has 2 aliphatic rings. The van der Waals surface area contributed by atoms with Gasteiger partial charge in [0.25, 0.3) is 5.91 Å². The van der Waals surface area contributed by atoms with Crippen LogP contribution in [0.3, 0.4) is 0 Å². The van der Waals surface area contributed by atoms with Crippen molar-refractivity contribution in [3.05, 3.63) is 54.1 Å². The molecule has 6 heteroatoms. The quantitative estimate of drug-likeness (QED) is 0.821. The van der Waals surface area contributed by atoms with Crippen LogP contribution in [0.1, 0.15) is 37.7 Å². The molecule has 4 rings (SSSR count). The molecule has 1 fully saturated rings. The van der Waals surface area contributed by atoms with E-state index in [1.54, 1.807) is 19.2 Å². The fraction of sp³-hybridized carbons (Fsp3) is 0.391. The predicted molar refractivity (Wildman–Crippen MR) is 113 cm³/mol. The van der Waals surface area contributed by atoms with Gasteiger partial charge in [0.15, 0.2) is 0 Å². The Hall–Kier alpha value is -3.02. The normalized spacial score (nSPS) is 17.3. The summed E-state index contributed by atoms with van der Waals surface area (Å²) < 4.78 is 5.31. The van der Waals surface area contributed by atoms with Gasteiger partial charge in [-0.15, -0.1) is 0 Å². The van der Waals surface area contributed by atoms with E-state index in [0.717, 1.165) is 31.4 Å². The molecule has 2 aromatic carbocycles. The van der Waals surface area contributed by atoms with E-state index in [4.69, 9.17) is 4.74 Å². The number of urea groups is 1. The van der Waals surface area contributed by atoms with Gasteiger partial charge in [-0.1, -0.05) is 49.6 Å². The van der Waals surface area contributed by atoms with Gasteiger partial charge < -0.3 is 20.3 Å². The summed E-state index contributed by atoms with van der Waals surface area (Å²) in [6.07, 6.45) is 5.10. The Morgan fingerprint density at radius 3 is 2.52 bits per heavy atom. The van der Waals surface area contributed by atoms with Crippen LogP contribution in [0.2, 0.25) is 0 Å². The first-order chi connectivity index (χ1) is 14.1. The molecule has 0 atom stereocenters. The minimum Gasteiger partial charge on any atom is -0.495 e. The number of hydrogen-bond donors (Lipinski definition) is 2. The highest BCUT2D eigenvalue weighted by Crippen LogP contribution is 2.35. The van der Waals surface area contributed by atoms with E-state index in [9.17, 15) is 9.59 Å². The van der Waals surface area contributed by atoms with Gasteiger partial charge in [-0.05, 0) is 43.0 Å². The van der Waals surface area contributed by atoms with Crippen molar-refractivity contribution in [1.29, 1.82) is 0 Å². The summed E-state index contributed by atoms with van der Waals surface area (Å²) in [5, 5.41) is 5.90. The summed E-state index contributed by atoms with van der Waals surface area (Å²) in [6.45, 7) is 0.662. The standard InChI is InChI=1S/C23H27N3O3/c1-29-20-12-6-4-10-18(20)24-22(28)25-23(14-7-2-8-15-23)21(27)26-16-13-17-9-3-5-11-19(17)26/h3-6,9-12H,2,7-8,13-16H2,1H3,(H2,24,25,28). The van der Waals surface area contributed by atoms with E-state index in [1.165, 1.54) is 5.56 Å². The van der Waals surface area contributed by atoms with Crippen molar-refractivity contribution in [2.75, 3.05) is 23.9 Å². The molecule has 1 saturated carbocycles. The molecule has 29 heavy (non-hydrogen) atoms. The van der Waals surface area contributed by atoms with Crippen LogP contribution >= 0.6 is 0 Å². The third-order valence-corrected chi connectivity index (χ3v) is 5.96. The molecule has 0 radical (unpaired) electrons. The third-order valence-electron chi connectivity index (χ3n) is 5.96. The number of benzene rings is 2. The van der Waals surface area contributed by atoms with Crippen molar-refractivity contribution in [3.63, 3.8) is 0 Å². The number of hydrogen-bond acceptors (Lipinski definition) is 3. The average Bonchev–Trinajstić information content (AvgIpc) is 3.18. The van der Waals surface area contributed by atoms with Crippen LogP contribution in [0.4, 0.5) is 16.2 Å². The minimum absolute atomic E-state index is 0.00248. The van der Waals surface area contributed by atoms with Gasteiger partial charge in [0, 0.05) is 12.2 Å². The van der Waals surface area contributed by atoms with E-state index < -0.39 is 5.54 Å². The van der Waals surface area contributed by atoms with Crippen molar-refractivity contribution in [2.45, 2.75) is 44.1 Å². The lowest BCUT2D eigenvalue weighted by atomic mass is 9.80. The number of ether oxygens (including phenoxy) is 1. The van der Waals surface area contributed by atoms with E-state index in [1.807, 2.05) is 35.2 Å². The second-order valence-corrected chi connectivity index (χ2v) is 7.76. The molecule has 0 bridgehead atoms. The second-order valence-electron chi connectivity index (χ2n) is 7.76. The van der Waals surface area contributed by atoms with Crippen LogP contribution in [0.15, 0.2) is 48.5 Å². The average molecular weight is 393 g/mol. The predicted octanol–water partition coefficient (Wildman–Crippen LogP) is 4.11. The highest BCUT2D eigenvalue weighted by molar-refractivity contribution is 6.05. The van der Waals surface area contributed by atoms with E-state index in [2.05, 4.69) is 16.7 Å². The number of nitrogens with one attached hydrogen (secondary N) is 2. The number of anilines is 2. The Morgan fingerprint density at radius 2 is 1.72 bits per heavy atom. The molecular formula is C23H27N3O3. The first-order valence-electron chi connectivity index (χ1n) is 10.2. The van der Waals surface area contributed by atoms with Crippen LogP contribution in [-0.4, -0.2) is 31.1 Å². The Bertz CT molecular complexity index is 906. The summed E-state index contributed by atoms with van der Waals surface area (Å²) in [7, 11) is 1.56. The maximum Gasteiger partial charge on any atom is 0.320 e. The Labute approximate surface area is 171 Å². The largest absolute Gasteiger partial charge is 0.495 e. The third kappa shape index (κ3) is 3.79. The van der Waals surface area contributed by atoms with E-state index in [0.29, 0.717) is 30.8 Å². The smallest absolute Gasteiger partial charge is 0.320 e. The number of carbonyl (C=O) groups excluding carboxylic acids is 2. The van der Waals surface area contributed by atoms with Crippen molar-refractivity contribution in [2.24, 2.45) is 0 Å². The van der Waals surface area contributed by atoms with Crippen molar-refractivity contribution in [1.82, 2.24) is 5.32 Å². The molecular weight excluding hydrogens is 366 g/mol. The van der Waals surface area contributed by atoms with E-state index in [-0.39, 0.29) is 11.9 Å². The zero-order valence-corrected chi connectivity index (χ0v) is 16.7. The van der Waals surface area contributed by atoms with Crippen LogP contribution in [0.25, 0.3) is 0 Å². The summed E-state index contributed by atoms with van der Waals surface area (Å²) in [5.41, 5.74) is 1.86. The lowest BCUT2D eigenvalue weighted by Gasteiger charge is -2.39. The molecule has 0 unspecified atom stereocenters. The number of amides is 3. The van der Waals surface area contributed by atoms with Crippen molar-refractivity contribution < 1.29 is 14.3 Å². The summed E-state index contributed by atoms with van der Waals surface area (Å²) >= 11 is 0. The molecule has 0 saturated heterocycles. The van der Waals surface area contributed by atoms with E-state index >= 15 is 0 Å². The minimum atomic E-state index is -0.873. The first-order valence-corrected chi connectivity index (χ1v) is 10.2. The molecule has 0 aromatic heterocycles. The Morgan fingerprint density at radius 1 is 1.00 bits per heavy atom. The number of nitrogens with zero attached hydrogens (tertiary/aromatic N) is 1. The zero-order chi connectivity index (χ0) is 20.3. The fourth-order valence-corrected chi connectivity index (χ4v) is 4.47. The molecule has 152 valence electrons. The summed E-state index contributed by atoms with van der Waals surface area (Å²) in [4.78, 5) is 28.4. The molecule has 1 aliphatic carbocycles. The van der Waals surface area contributed by atoms with Crippen LogP contribution in [0.5, 0.6) is 5.75 Å². The topological polar surface area (TPSA) is 70.7 Å². The van der Waals surface area contributed by atoms with Gasteiger partial charge in [0.1, 0.15) is 11.3 Å². The maximum absolute atomic E-state index is 13.7. The highest BCUT2D eigenvalue weighted by Gasteiger charge is 2.45. The second kappa shape index (κ2) is 8.15. The fourth-order valence-electron chi connectivity index (χ4n) is 4.47. The first kappa shape index (κ1) is 19.3. The van der Waals surface area contributed by atoms with Crippen LogP contribution in [0, 0.1) is 0 Å². The lowest BCUT2D eigenvalue weighted by molar-refractivity contribution is -0.125. The number of methoxy groups -OCH3 is 1. The van der Waals surface area contributed by atoms with Crippen molar-refractivity contribution >= 4 is 23.3 Å². The Balaban J connectivity index is 1.56. The SMILES string of the molecule is COc1ccccc1NC(=O)NC1(C(=O)N2CCc3ccccc32)CCCCC1. The number of para-hydroxylation sites is 3. The monoisotopic (exact) mass is 393 g/mol. The molecule has 1 heterocycles. The number of rotatable bonds is 4. The summed E-state index contributed by atoms with van der Waals surface area (Å²) in [5.74, 6) is 0.581. The van der Waals surface area contributed by atoms with Crippen LogP contribution < -0.4 is 20.3 Å². The van der Waals surface area contributed by atoms with Gasteiger partial charge in [-0.2, -0.15) is 0 Å². The molecule has 2 aromatic rings. The van der Waals surface area contributed by atoms with Crippen LogP contribution in [-0.2, 0) is 11.2 Å². The van der Waals surface area contributed by atoms with Gasteiger partial charge in [-0.3, -0.25) is 4.79 Å². The molecule has 2 N–H and O–H groups in total. The van der Waals surface area contributed by atoms with Gasteiger partial charge in [-0.25, -0.2) is 4.79 Å². The molecule has 6 nitrogen and oxygen atoms in total. The molecule has 0 spiro atoms. The lowest BCUT2D eigenvalue weighted by Crippen LogP contribution is -2.61. The molecule has 1 aliphatic heterocycles. The van der Waals surface area contributed by atoms with Gasteiger partial charge in [0.05, 0.1) is 12.8 Å². The molecule has 3 amide bonds. The Kier molecular flexibility index (Phi) is 5.43. The summed E-state index contributed by atoms with van der Waals surface area (Å²) in [6, 6.07) is 14.9. The van der Waals surface area contributed by atoms with Gasteiger partial charge >= 0.3 is 6.03 Å².